The smallest absolute Gasteiger partial charge is 0.271 e. The van der Waals surface area contributed by atoms with Crippen molar-refractivity contribution in [2.45, 2.75) is 26.9 Å². The molecule has 3 aromatic carbocycles. The van der Waals surface area contributed by atoms with Crippen molar-refractivity contribution in [1.82, 2.24) is 5.43 Å². The van der Waals surface area contributed by atoms with Crippen molar-refractivity contribution in [3.63, 3.8) is 0 Å². The molecule has 0 fully saturated rings. The van der Waals surface area contributed by atoms with Gasteiger partial charge in [0.2, 0.25) is 0 Å². The number of nitrogens with zero attached hydrogens (tertiary/aromatic N) is 2. The molecule has 29 heavy (non-hydrogen) atoms. The lowest BCUT2D eigenvalue weighted by Gasteiger charge is -2.17. The molecule has 0 bridgehead atoms. The topological polar surface area (TPSA) is 44.7 Å². The number of hydrogen-bond acceptors (Lipinski definition) is 3. The van der Waals surface area contributed by atoms with Crippen LogP contribution < -0.4 is 10.3 Å². The summed E-state index contributed by atoms with van der Waals surface area (Å²) >= 11 is 3.36. The van der Waals surface area contributed by atoms with Gasteiger partial charge in [0.15, 0.2) is 0 Å². The van der Waals surface area contributed by atoms with Gasteiger partial charge in [-0.25, -0.2) is 5.43 Å². The van der Waals surface area contributed by atoms with Gasteiger partial charge in [-0.05, 0) is 72.0 Å². The quantitative estimate of drug-likeness (QED) is 0.432. The van der Waals surface area contributed by atoms with E-state index in [1.54, 1.807) is 18.3 Å². The molecule has 4 nitrogen and oxygen atoms in total. The summed E-state index contributed by atoms with van der Waals surface area (Å²) in [4.78, 5) is 14.5. The van der Waals surface area contributed by atoms with E-state index in [0.717, 1.165) is 23.1 Å². The van der Waals surface area contributed by atoms with Crippen molar-refractivity contribution < 1.29 is 4.79 Å². The average molecular weight is 448 g/mol. The minimum absolute atomic E-state index is 0.236. The van der Waals surface area contributed by atoms with Gasteiger partial charge < -0.3 is 4.90 Å². The SMILES string of the molecule is Cc1cc2c(cc1C)CN(c1ccc(/C=N\NC(=O)c3cccc(Br)c3)cc1)C2. The predicted molar refractivity (Wildman–Crippen MR) is 121 cm³/mol. The number of rotatable bonds is 4. The van der Waals surface area contributed by atoms with Crippen molar-refractivity contribution in [1.29, 1.82) is 0 Å². The third-order valence-electron chi connectivity index (χ3n) is 5.26. The maximum Gasteiger partial charge on any atom is 0.271 e. The fourth-order valence-electron chi connectivity index (χ4n) is 3.51. The second-order valence-corrected chi connectivity index (χ2v) is 8.28. The minimum atomic E-state index is -0.236. The first-order chi connectivity index (χ1) is 14.0. The Labute approximate surface area is 179 Å². The molecule has 1 aliphatic heterocycles. The van der Waals surface area contributed by atoms with Gasteiger partial charge in [-0.3, -0.25) is 4.79 Å². The highest BCUT2D eigenvalue weighted by molar-refractivity contribution is 9.10. The fourth-order valence-corrected chi connectivity index (χ4v) is 3.91. The van der Waals surface area contributed by atoms with Crippen LogP contribution in [0.3, 0.4) is 0 Å². The van der Waals surface area contributed by atoms with E-state index >= 15 is 0 Å². The number of carbonyl (C=O) groups is 1. The predicted octanol–water partition coefficient (Wildman–Crippen LogP) is 5.35. The Kier molecular flexibility index (Phi) is 5.49. The molecule has 4 rings (SSSR count). The Hall–Kier alpha value is -2.92. The molecule has 0 saturated heterocycles. The zero-order valence-electron chi connectivity index (χ0n) is 16.4. The molecular formula is C24H22BrN3O. The first-order valence-corrected chi connectivity index (χ1v) is 10.3. The molecule has 0 saturated carbocycles. The maximum absolute atomic E-state index is 12.1. The van der Waals surface area contributed by atoms with Gasteiger partial charge in [0.05, 0.1) is 6.21 Å². The van der Waals surface area contributed by atoms with Gasteiger partial charge in [-0.1, -0.05) is 46.3 Å². The van der Waals surface area contributed by atoms with Crippen LogP contribution in [0.5, 0.6) is 0 Å². The standard InChI is InChI=1S/C24H22BrN3O/c1-16-10-20-14-28(15-21(20)11-17(16)2)23-8-6-18(7-9-23)13-26-27-24(29)19-4-3-5-22(25)12-19/h3-13H,14-15H2,1-2H3,(H,27,29)/b26-13-. The van der Waals surface area contributed by atoms with Crippen molar-refractivity contribution in [3.8, 4) is 0 Å². The highest BCUT2D eigenvalue weighted by atomic mass is 79.9. The lowest BCUT2D eigenvalue weighted by atomic mass is 10.0. The summed E-state index contributed by atoms with van der Waals surface area (Å²) < 4.78 is 0.860. The first kappa shape index (κ1) is 19.4. The van der Waals surface area contributed by atoms with Crippen LogP contribution in [0.4, 0.5) is 5.69 Å². The van der Waals surface area contributed by atoms with Gasteiger partial charge in [-0.15, -0.1) is 0 Å². The highest BCUT2D eigenvalue weighted by Crippen LogP contribution is 2.30. The number of nitrogens with one attached hydrogen (secondary N) is 1. The summed E-state index contributed by atoms with van der Waals surface area (Å²) in [7, 11) is 0. The highest BCUT2D eigenvalue weighted by Gasteiger charge is 2.19. The number of aryl methyl sites for hydroxylation is 2. The summed E-state index contributed by atoms with van der Waals surface area (Å²) in [6.45, 7) is 6.21. The average Bonchev–Trinajstić information content (AvgIpc) is 3.11. The van der Waals surface area contributed by atoms with E-state index in [4.69, 9.17) is 0 Å². The van der Waals surface area contributed by atoms with Gasteiger partial charge in [0.25, 0.3) is 5.91 Å². The summed E-state index contributed by atoms with van der Waals surface area (Å²) in [5.41, 5.74) is 10.8. The zero-order valence-corrected chi connectivity index (χ0v) is 18.0. The number of hydrogen-bond donors (Lipinski definition) is 1. The van der Waals surface area contributed by atoms with Crippen LogP contribution >= 0.6 is 15.9 Å². The molecule has 0 atom stereocenters. The Morgan fingerprint density at radius 3 is 2.28 bits per heavy atom. The van der Waals surface area contributed by atoms with Crippen LogP contribution in [-0.4, -0.2) is 12.1 Å². The van der Waals surface area contributed by atoms with E-state index in [1.807, 2.05) is 24.3 Å². The Morgan fingerprint density at radius 2 is 1.66 bits per heavy atom. The normalized spacial score (nSPS) is 13.0. The Bertz CT molecular complexity index is 1060. The molecule has 1 heterocycles. The van der Waals surface area contributed by atoms with Gasteiger partial charge in [-0.2, -0.15) is 5.10 Å². The van der Waals surface area contributed by atoms with Crippen LogP contribution in [-0.2, 0) is 13.1 Å². The third-order valence-corrected chi connectivity index (χ3v) is 5.76. The molecule has 146 valence electrons. The molecule has 1 amide bonds. The van der Waals surface area contributed by atoms with Gasteiger partial charge in [0, 0.05) is 28.8 Å². The van der Waals surface area contributed by atoms with Crippen LogP contribution in [0.15, 0.2) is 70.2 Å². The third kappa shape index (κ3) is 4.40. The monoisotopic (exact) mass is 447 g/mol. The van der Waals surface area contributed by atoms with Crippen LogP contribution in [0, 0.1) is 13.8 Å². The van der Waals surface area contributed by atoms with Crippen molar-refractivity contribution in [2.75, 3.05) is 4.90 Å². The molecule has 0 radical (unpaired) electrons. The molecule has 0 aliphatic carbocycles. The lowest BCUT2D eigenvalue weighted by Crippen LogP contribution is -2.17. The van der Waals surface area contributed by atoms with E-state index < -0.39 is 0 Å². The van der Waals surface area contributed by atoms with E-state index in [-0.39, 0.29) is 5.91 Å². The maximum atomic E-state index is 12.1. The van der Waals surface area contributed by atoms with E-state index in [0.29, 0.717) is 5.56 Å². The van der Waals surface area contributed by atoms with Crippen molar-refractivity contribution in [3.05, 3.63) is 98.5 Å². The molecule has 3 aromatic rings. The fraction of sp³-hybridized carbons (Fsp3) is 0.167. The molecule has 0 spiro atoms. The minimum Gasteiger partial charge on any atom is -0.363 e. The molecular weight excluding hydrogens is 426 g/mol. The number of carbonyl (C=O) groups excluding carboxylic acids is 1. The van der Waals surface area contributed by atoms with Crippen molar-refractivity contribution in [2.24, 2.45) is 5.10 Å². The number of benzene rings is 3. The number of halogens is 1. The zero-order chi connectivity index (χ0) is 20.4. The summed E-state index contributed by atoms with van der Waals surface area (Å²) in [6, 6.07) is 20.1. The number of anilines is 1. The molecule has 1 aliphatic rings. The van der Waals surface area contributed by atoms with Crippen LogP contribution in [0.1, 0.15) is 38.2 Å². The Morgan fingerprint density at radius 1 is 1.00 bits per heavy atom. The van der Waals surface area contributed by atoms with E-state index in [1.165, 1.54) is 27.9 Å². The van der Waals surface area contributed by atoms with E-state index in [9.17, 15) is 4.79 Å². The molecule has 0 unspecified atom stereocenters. The van der Waals surface area contributed by atoms with E-state index in [2.05, 4.69) is 69.5 Å². The number of fused-ring (bicyclic) bond motifs is 1. The second kappa shape index (κ2) is 8.21. The summed E-state index contributed by atoms with van der Waals surface area (Å²) in [5.74, 6) is -0.236. The number of amides is 1. The summed E-state index contributed by atoms with van der Waals surface area (Å²) in [6.07, 6.45) is 1.66. The summed E-state index contributed by atoms with van der Waals surface area (Å²) in [5, 5.41) is 4.07. The van der Waals surface area contributed by atoms with Gasteiger partial charge >= 0.3 is 0 Å². The molecule has 1 N–H and O–H groups in total. The Balaban J connectivity index is 1.38. The largest absolute Gasteiger partial charge is 0.363 e. The first-order valence-electron chi connectivity index (χ1n) is 9.52. The number of hydrazone groups is 1. The van der Waals surface area contributed by atoms with Crippen LogP contribution in [0.2, 0.25) is 0 Å². The van der Waals surface area contributed by atoms with Crippen molar-refractivity contribution >= 4 is 33.7 Å². The second-order valence-electron chi connectivity index (χ2n) is 7.36. The molecule has 5 heteroatoms. The van der Waals surface area contributed by atoms with Gasteiger partial charge in [0.1, 0.15) is 0 Å². The molecule has 0 aromatic heterocycles. The van der Waals surface area contributed by atoms with Crippen LogP contribution in [0.25, 0.3) is 0 Å². The lowest BCUT2D eigenvalue weighted by molar-refractivity contribution is 0.0955.